The minimum Gasteiger partial charge on any atom is -0.388 e. The van der Waals surface area contributed by atoms with Crippen LogP contribution in [0.4, 0.5) is 0 Å². The number of hydrogen-bond donors (Lipinski definition) is 1. The van der Waals surface area contributed by atoms with Crippen molar-refractivity contribution in [1.82, 2.24) is 14.6 Å². The van der Waals surface area contributed by atoms with Crippen molar-refractivity contribution in [3.8, 4) is 0 Å². The third-order valence-corrected chi connectivity index (χ3v) is 5.48. The fourth-order valence-corrected chi connectivity index (χ4v) is 4.31. The average molecular weight is 327 g/mol. The van der Waals surface area contributed by atoms with Gasteiger partial charge in [0.05, 0.1) is 16.3 Å². The van der Waals surface area contributed by atoms with Gasteiger partial charge in [-0.05, 0) is 17.7 Å². The highest BCUT2D eigenvalue weighted by molar-refractivity contribution is 7.99. The number of aromatic nitrogens is 3. The van der Waals surface area contributed by atoms with Gasteiger partial charge in [-0.25, -0.2) is 0 Å². The van der Waals surface area contributed by atoms with E-state index in [2.05, 4.69) is 26.7 Å². The number of thioether (sulfide) groups is 1. The zero-order valence-electron chi connectivity index (χ0n) is 11.6. The second-order valence-electron chi connectivity index (χ2n) is 4.91. The Morgan fingerprint density at radius 1 is 1.05 bits per heavy atom. The second kappa shape index (κ2) is 5.72. The molecular weight excluding hydrogens is 314 g/mol. The molecule has 2 aromatic carbocycles. The molecule has 0 bridgehead atoms. The molecule has 0 radical (unpaired) electrons. The van der Waals surface area contributed by atoms with Gasteiger partial charge in [0.2, 0.25) is 4.96 Å². The van der Waals surface area contributed by atoms with E-state index < -0.39 is 6.10 Å². The highest BCUT2D eigenvalue weighted by Gasteiger charge is 2.14. The highest BCUT2D eigenvalue weighted by Crippen LogP contribution is 2.31. The van der Waals surface area contributed by atoms with Gasteiger partial charge in [-0.2, -0.15) is 0 Å². The predicted octanol–water partition coefficient (Wildman–Crippen LogP) is 3.77. The first kappa shape index (κ1) is 13.8. The Morgan fingerprint density at radius 2 is 1.82 bits per heavy atom. The van der Waals surface area contributed by atoms with E-state index in [-0.39, 0.29) is 0 Å². The summed E-state index contributed by atoms with van der Waals surface area (Å²) in [7, 11) is 0. The van der Waals surface area contributed by atoms with E-state index in [1.54, 1.807) is 11.3 Å². The van der Waals surface area contributed by atoms with Crippen LogP contribution in [0.5, 0.6) is 0 Å². The molecule has 0 unspecified atom stereocenters. The number of aliphatic hydroxyl groups excluding tert-OH is 1. The molecule has 0 aliphatic rings. The number of aliphatic hydroxyl groups is 1. The zero-order valence-corrected chi connectivity index (χ0v) is 13.2. The maximum absolute atomic E-state index is 10.3. The lowest BCUT2D eigenvalue weighted by Crippen LogP contribution is -2.01. The van der Waals surface area contributed by atoms with Crippen LogP contribution in [0.3, 0.4) is 0 Å². The molecule has 4 nitrogen and oxygen atoms in total. The molecule has 0 amide bonds. The van der Waals surface area contributed by atoms with Gasteiger partial charge in [0.1, 0.15) is 0 Å². The van der Waals surface area contributed by atoms with Gasteiger partial charge in [-0.1, -0.05) is 65.6 Å². The van der Waals surface area contributed by atoms with Gasteiger partial charge in [-0.3, -0.25) is 4.40 Å². The molecule has 0 saturated carbocycles. The summed E-state index contributed by atoms with van der Waals surface area (Å²) in [6.45, 7) is 0. The smallest absolute Gasteiger partial charge is 0.217 e. The molecule has 110 valence electrons. The van der Waals surface area contributed by atoms with Crippen LogP contribution >= 0.6 is 23.1 Å². The van der Waals surface area contributed by atoms with Crippen molar-refractivity contribution in [2.75, 3.05) is 5.75 Å². The van der Waals surface area contributed by atoms with E-state index in [1.165, 1.54) is 16.5 Å². The van der Waals surface area contributed by atoms with Crippen LogP contribution in [0, 0.1) is 0 Å². The maximum Gasteiger partial charge on any atom is 0.217 e. The number of hydrogen-bond acceptors (Lipinski definition) is 5. The lowest BCUT2D eigenvalue weighted by Gasteiger charge is -2.09. The standard InChI is InChI=1S/C16H13N3OS2/c20-13(11-6-2-1-3-7-11)10-21-15-17-18-16-19(15)12-8-4-5-9-14(12)22-16/h1-9,13,20H,10H2/t13-/m0/s1. The first-order valence-corrected chi connectivity index (χ1v) is 8.71. The number of thiazole rings is 1. The van der Waals surface area contributed by atoms with Crippen LogP contribution in [0.25, 0.3) is 15.2 Å². The number of rotatable bonds is 4. The van der Waals surface area contributed by atoms with Gasteiger partial charge in [0.15, 0.2) is 5.16 Å². The molecule has 0 spiro atoms. The van der Waals surface area contributed by atoms with E-state index in [1.807, 2.05) is 42.5 Å². The van der Waals surface area contributed by atoms with Crippen molar-refractivity contribution in [3.63, 3.8) is 0 Å². The van der Waals surface area contributed by atoms with Crippen LogP contribution in [0.15, 0.2) is 59.8 Å². The van der Waals surface area contributed by atoms with Gasteiger partial charge in [-0.15, -0.1) is 10.2 Å². The van der Waals surface area contributed by atoms with E-state index in [0.29, 0.717) is 5.75 Å². The van der Waals surface area contributed by atoms with Crippen LogP contribution < -0.4 is 0 Å². The van der Waals surface area contributed by atoms with Crippen molar-refractivity contribution >= 4 is 38.3 Å². The molecule has 2 aromatic heterocycles. The van der Waals surface area contributed by atoms with Gasteiger partial charge in [0.25, 0.3) is 0 Å². The third-order valence-electron chi connectivity index (χ3n) is 3.47. The molecule has 22 heavy (non-hydrogen) atoms. The Hall–Kier alpha value is -1.89. The van der Waals surface area contributed by atoms with Gasteiger partial charge >= 0.3 is 0 Å². The van der Waals surface area contributed by atoms with Crippen LogP contribution in [-0.2, 0) is 0 Å². The first-order valence-electron chi connectivity index (χ1n) is 6.91. The normalized spacial score (nSPS) is 13.0. The summed E-state index contributed by atoms with van der Waals surface area (Å²) in [5.74, 6) is 0.551. The number of para-hydroxylation sites is 1. The van der Waals surface area contributed by atoms with E-state index >= 15 is 0 Å². The summed E-state index contributed by atoms with van der Waals surface area (Å²) in [5.41, 5.74) is 2.04. The summed E-state index contributed by atoms with van der Waals surface area (Å²) < 4.78 is 3.25. The summed E-state index contributed by atoms with van der Waals surface area (Å²) >= 11 is 3.15. The Kier molecular flexibility index (Phi) is 3.57. The van der Waals surface area contributed by atoms with E-state index in [0.717, 1.165) is 21.2 Å². The van der Waals surface area contributed by atoms with Crippen molar-refractivity contribution in [3.05, 3.63) is 60.2 Å². The quantitative estimate of drug-likeness (QED) is 0.580. The van der Waals surface area contributed by atoms with Gasteiger partial charge < -0.3 is 5.11 Å². The molecular formula is C16H13N3OS2. The Labute approximate surface area is 135 Å². The fraction of sp³-hybridized carbons (Fsp3) is 0.125. The minimum atomic E-state index is -0.511. The third kappa shape index (κ3) is 2.39. The largest absolute Gasteiger partial charge is 0.388 e. The topological polar surface area (TPSA) is 50.4 Å². The number of benzene rings is 2. The minimum absolute atomic E-state index is 0.511. The van der Waals surface area contributed by atoms with Crippen molar-refractivity contribution in [2.45, 2.75) is 11.3 Å². The lowest BCUT2D eigenvalue weighted by molar-refractivity contribution is 0.204. The predicted molar refractivity (Wildman–Crippen MR) is 90.5 cm³/mol. The monoisotopic (exact) mass is 327 g/mol. The highest BCUT2D eigenvalue weighted by atomic mass is 32.2. The van der Waals surface area contributed by atoms with E-state index in [9.17, 15) is 5.11 Å². The number of fused-ring (bicyclic) bond motifs is 3. The zero-order chi connectivity index (χ0) is 14.9. The summed E-state index contributed by atoms with van der Waals surface area (Å²) in [5, 5.41) is 19.6. The molecule has 0 fully saturated rings. The Balaban J connectivity index is 1.62. The van der Waals surface area contributed by atoms with Crippen LogP contribution in [-0.4, -0.2) is 25.5 Å². The molecule has 2 heterocycles. The second-order valence-corrected chi connectivity index (χ2v) is 6.90. The maximum atomic E-state index is 10.3. The first-order chi connectivity index (χ1) is 10.8. The SMILES string of the molecule is O[C@@H](CSc1nnc2sc3ccccc3n12)c1ccccc1. The molecule has 0 aliphatic carbocycles. The van der Waals surface area contributed by atoms with E-state index in [4.69, 9.17) is 0 Å². The summed E-state index contributed by atoms with van der Waals surface area (Å²) in [6.07, 6.45) is -0.511. The number of nitrogens with zero attached hydrogens (tertiary/aromatic N) is 3. The van der Waals surface area contributed by atoms with Crippen LogP contribution in [0.1, 0.15) is 11.7 Å². The van der Waals surface area contributed by atoms with Crippen molar-refractivity contribution < 1.29 is 5.11 Å². The van der Waals surface area contributed by atoms with Crippen molar-refractivity contribution in [1.29, 1.82) is 0 Å². The summed E-state index contributed by atoms with van der Waals surface area (Å²) in [4.78, 5) is 0.887. The molecule has 4 aromatic rings. The van der Waals surface area contributed by atoms with Crippen LogP contribution in [0.2, 0.25) is 0 Å². The Bertz CT molecular complexity index is 917. The fourth-order valence-electron chi connectivity index (χ4n) is 2.37. The molecule has 0 saturated heterocycles. The van der Waals surface area contributed by atoms with Gasteiger partial charge in [0, 0.05) is 5.75 Å². The molecule has 0 aliphatic heterocycles. The molecule has 1 N–H and O–H groups in total. The molecule has 1 atom stereocenters. The molecule has 4 rings (SSSR count). The lowest BCUT2D eigenvalue weighted by atomic mass is 10.1. The van der Waals surface area contributed by atoms with Crippen molar-refractivity contribution in [2.24, 2.45) is 0 Å². The summed E-state index contributed by atoms with van der Waals surface area (Å²) in [6, 6.07) is 17.9. The molecule has 6 heteroatoms. The Morgan fingerprint density at radius 3 is 2.68 bits per heavy atom. The average Bonchev–Trinajstić information content (AvgIpc) is 3.12.